The zero-order chi connectivity index (χ0) is 10.8. The van der Waals surface area contributed by atoms with Gasteiger partial charge in [-0.2, -0.15) is 8.42 Å². The van der Waals surface area contributed by atoms with Gasteiger partial charge in [0.25, 0.3) is 10.1 Å². The minimum atomic E-state index is -4.31. The van der Waals surface area contributed by atoms with E-state index in [9.17, 15) is 13.2 Å². The topological polar surface area (TPSA) is 110 Å². The fourth-order valence-electron chi connectivity index (χ4n) is 1.01. The van der Waals surface area contributed by atoms with Gasteiger partial charge in [-0.05, 0) is 0 Å². The van der Waals surface area contributed by atoms with Crippen LogP contribution in [-0.4, -0.2) is 48.8 Å². The molecule has 1 saturated heterocycles. The molecule has 0 spiro atoms. The summed E-state index contributed by atoms with van der Waals surface area (Å²) in [6.07, 6.45) is -2.41. The monoisotopic (exact) mass is 226 g/mol. The van der Waals surface area contributed by atoms with Crippen molar-refractivity contribution in [2.75, 3.05) is 12.4 Å². The van der Waals surface area contributed by atoms with E-state index in [1.807, 2.05) is 0 Å². The van der Waals surface area contributed by atoms with Crippen LogP contribution in [-0.2, 0) is 24.4 Å². The first-order valence-electron chi connectivity index (χ1n) is 3.84. The summed E-state index contributed by atoms with van der Waals surface area (Å²) in [5, 5.41) is 8.99. The molecule has 2 unspecified atom stereocenters. The Kier molecular flexibility index (Phi) is 3.43. The molecule has 1 rings (SSSR count). The molecule has 1 heterocycles. The second-order valence-electron chi connectivity index (χ2n) is 2.78. The molecule has 0 radical (unpaired) electrons. The number of carbonyl (C=O) groups excluding carboxylic acids is 1. The minimum absolute atomic E-state index is 0.183. The van der Waals surface area contributed by atoms with Crippen LogP contribution < -0.4 is 0 Å². The molecule has 82 valence electrons. The summed E-state index contributed by atoms with van der Waals surface area (Å²) < 4.78 is 38.1. The van der Waals surface area contributed by atoms with E-state index in [2.05, 4.69) is 9.47 Å². The van der Waals surface area contributed by atoms with E-state index in [1.165, 1.54) is 0 Å². The van der Waals surface area contributed by atoms with Crippen molar-refractivity contribution in [3.05, 3.63) is 0 Å². The second kappa shape index (κ2) is 4.22. The molecule has 1 fully saturated rings. The highest BCUT2D eigenvalue weighted by Crippen LogP contribution is 2.12. The Morgan fingerprint density at radius 1 is 1.64 bits per heavy atom. The number of rotatable bonds is 4. The van der Waals surface area contributed by atoms with Crippen LogP contribution in [0.25, 0.3) is 0 Å². The molecule has 7 nitrogen and oxygen atoms in total. The number of ether oxygens (including phenoxy) is 2. The number of carbonyl (C=O) groups is 1. The van der Waals surface area contributed by atoms with Crippen molar-refractivity contribution in [1.82, 2.24) is 0 Å². The van der Waals surface area contributed by atoms with E-state index in [1.54, 1.807) is 0 Å². The Labute approximate surface area is 80.4 Å². The van der Waals surface area contributed by atoms with E-state index in [-0.39, 0.29) is 13.0 Å². The van der Waals surface area contributed by atoms with Crippen molar-refractivity contribution in [2.24, 2.45) is 0 Å². The maximum Gasteiger partial charge on any atom is 0.335 e. The third-order valence-electron chi connectivity index (χ3n) is 1.56. The Bertz CT molecular complexity index is 308. The van der Waals surface area contributed by atoms with Gasteiger partial charge < -0.3 is 14.6 Å². The molecular formula is C6H10O7S. The lowest BCUT2D eigenvalue weighted by Crippen LogP contribution is -2.30. The predicted octanol–water partition coefficient (Wildman–Crippen LogP) is -1.48. The van der Waals surface area contributed by atoms with Gasteiger partial charge in [0, 0.05) is 6.42 Å². The summed E-state index contributed by atoms with van der Waals surface area (Å²) in [4.78, 5) is 10.8. The van der Waals surface area contributed by atoms with Gasteiger partial charge in [-0.1, -0.05) is 0 Å². The van der Waals surface area contributed by atoms with Crippen LogP contribution in [0.2, 0.25) is 0 Å². The standard InChI is InChI=1S/C6H10O7S/c7-5(3-14(9,10)11)13-4-1-2-12-6(4)8/h4-5,7H,1-3H2,(H,9,10,11). The number of hydrogen-bond donors (Lipinski definition) is 2. The van der Waals surface area contributed by atoms with Crippen molar-refractivity contribution >= 4 is 16.1 Å². The summed E-state index contributed by atoms with van der Waals surface area (Å²) in [5.41, 5.74) is 0. The highest BCUT2D eigenvalue weighted by molar-refractivity contribution is 7.85. The second-order valence-corrected chi connectivity index (χ2v) is 4.28. The van der Waals surface area contributed by atoms with E-state index >= 15 is 0 Å². The highest BCUT2D eigenvalue weighted by atomic mass is 32.2. The summed E-state index contributed by atoms with van der Waals surface area (Å²) in [7, 11) is -4.31. The van der Waals surface area contributed by atoms with Gasteiger partial charge in [-0.25, -0.2) is 4.79 Å². The lowest BCUT2D eigenvalue weighted by molar-refractivity contribution is -0.163. The average molecular weight is 226 g/mol. The molecular weight excluding hydrogens is 216 g/mol. The predicted molar refractivity (Wildman–Crippen MR) is 42.9 cm³/mol. The maximum atomic E-state index is 10.8. The van der Waals surface area contributed by atoms with Crippen molar-refractivity contribution in [2.45, 2.75) is 18.8 Å². The molecule has 8 heteroatoms. The first-order valence-corrected chi connectivity index (χ1v) is 5.45. The number of aliphatic hydroxyl groups excluding tert-OH is 1. The van der Waals surface area contributed by atoms with Gasteiger partial charge in [0.15, 0.2) is 12.4 Å². The molecule has 2 atom stereocenters. The number of cyclic esters (lactones) is 1. The van der Waals surface area contributed by atoms with Gasteiger partial charge >= 0.3 is 5.97 Å². The molecule has 0 aromatic carbocycles. The van der Waals surface area contributed by atoms with Gasteiger partial charge in [-0.3, -0.25) is 4.55 Å². The van der Waals surface area contributed by atoms with E-state index < -0.39 is 34.2 Å². The molecule has 0 bridgehead atoms. The lowest BCUT2D eigenvalue weighted by Gasteiger charge is -2.12. The highest BCUT2D eigenvalue weighted by Gasteiger charge is 2.30. The van der Waals surface area contributed by atoms with Crippen LogP contribution in [0.5, 0.6) is 0 Å². The van der Waals surface area contributed by atoms with Crippen LogP contribution in [0, 0.1) is 0 Å². The molecule has 1 aliphatic heterocycles. The van der Waals surface area contributed by atoms with Crippen molar-refractivity contribution in [1.29, 1.82) is 0 Å². The van der Waals surface area contributed by atoms with Crippen LogP contribution >= 0.6 is 0 Å². The zero-order valence-corrected chi connectivity index (χ0v) is 7.94. The lowest BCUT2D eigenvalue weighted by atomic mass is 10.3. The molecule has 1 aliphatic rings. The van der Waals surface area contributed by atoms with Gasteiger partial charge in [0.2, 0.25) is 0 Å². The normalized spacial score (nSPS) is 24.7. The quantitative estimate of drug-likeness (QED) is 0.342. The van der Waals surface area contributed by atoms with Crippen LogP contribution in [0.4, 0.5) is 0 Å². The largest absolute Gasteiger partial charge is 0.464 e. The molecule has 0 saturated carbocycles. The zero-order valence-electron chi connectivity index (χ0n) is 7.12. The fourth-order valence-corrected chi connectivity index (χ4v) is 1.45. The molecule has 0 aromatic heterocycles. The Morgan fingerprint density at radius 3 is 2.71 bits per heavy atom. The average Bonchev–Trinajstić information content (AvgIpc) is 2.32. The van der Waals surface area contributed by atoms with E-state index in [0.717, 1.165) is 0 Å². The minimum Gasteiger partial charge on any atom is -0.464 e. The maximum absolute atomic E-state index is 10.8. The Balaban J connectivity index is 2.40. The molecule has 0 aliphatic carbocycles. The van der Waals surface area contributed by atoms with Gasteiger partial charge in [0.05, 0.1) is 6.61 Å². The van der Waals surface area contributed by atoms with Crippen LogP contribution in [0.15, 0.2) is 0 Å². The third-order valence-corrected chi connectivity index (χ3v) is 2.27. The first-order chi connectivity index (χ1) is 6.38. The first kappa shape index (κ1) is 11.4. The van der Waals surface area contributed by atoms with Crippen molar-refractivity contribution in [3.8, 4) is 0 Å². The summed E-state index contributed by atoms with van der Waals surface area (Å²) in [6.45, 7) is 0.183. The SMILES string of the molecule is O=C1OCCC1OC(O)CS(=O)(=O)O. The summed E-state index contributed by atoms with van der Waals surface area (Å²) in [5.74, 6) is -1.60. The third kappa shape index (κ3) is 3.58. The molecule has 0 amide bonds. The Hall–Kier alpha value is -0.700. The van der Waals surface area contributed by atoms with Crippen molar-refractivity contribution < 1.29 is 32.3 Å². The summed E-state index contributed by atoms with van der Waals surface area (Å²) >= 11 is 0. The number of aliphatic hydroxyl groups is 1. The number of hydrogen-bond acceptors (Lipinski definition) is 6. The van der Waals surface area contributed by atoms with E-state index in [0.29, 0.717) is 0 Å². The molecule has 14 heavy (non-hydrogen) atoms. The molecule has 0 aromatic rings. The number of esters is 1. The smallest absolute Gasteiger partial charge is 0.335 e. The molecule has 2 N–H and O–H groups in total. The van der Waals surface area contributed by atoms with Gasteiger partial charge in [-0.15, -0.1) is 0 Å². The van der Waals surface area contributed by atoms with Crippen molar-refractivity contribution in [3.63, 3.8) is 0 Å². The van der Waals surface area contributed by atoms with Crippen LogP contribution in [0.3, 0.4) is 0 Å². The summed E-state index contributed by atoms with van der Waals surface area (Å²) in [6, 6.07) is 0. The fraction of sp³-hybridized carbons (Fsp3) is 0.833. The van der Waals surface area contributed by atoms with Crippen LogP contribution in [0.1, 0.15) is 6.42 Å². The van der Waals surface area contributed by atoms with E-state index in [4.69, 9.17) is 9.66 Å². The Morgan fingerprint density at radius 2 is 2.29 bits per heavy atom. The van der Waals surface area contributed by atoms with Gasteiger partial charge in [0.1, 0.15) is 5.75 Å².